The number of hydrogen-bond acceptors (Lipinski definition) is 3. The van der Waals surface area contributed by atoms with E-state index in [1.807, 2.05) is 6.92 Å². The molecule has 0 bridgehead atoms. The molecule has 120 valence electrons. The molecule has 22 heavy (non-hydrogen) atoms. The van der Waals surface area contributed by atoms with Gasteiger partial charge in [0, 0.05) is 24.0 Å². The van der Waals surface area contributed by atoms with E-state index in [1.165, 1.54) is 0 Å². The maximum absolute atomic E-state index is 12.2. The van der Waals surface area contributed by atoms with Gasteiger partial charge in [-0.1, -0.05) is 18.0 Å². The van der Waals surface area contributed by atoms with Crippen LogP contribution in [-0.4, -0.2) is 24.4 Å². The Bertz CT molecular complexity index is 562. The van der Waals surface area contributed by atoms with Gasteiger partial charge in [0.15, 0.2) is 0 Å². The highest BCUT2D eigenvalue weighted by Gasteiger charge is 2.26. The summed E-state index contributed by atoms with van der Waals surface area (Å²) in [6.45, 7) is 2.35. The van der Waals surface area contributed by atoms with Crippen molar-refractivity contribution in [1.82, 2.24) is 5.32 Å². The van der Waals surface area contributed by atoms with Crippen molar-refractivity contribution >= 4 is 29.1 Å². The highest BCUT2D eigenvalue weighted by atomic mass is 35.5. The van der Waals surface area contributed by atoms with Crippen molar-refractivity contribution in [3.05, 3.63) is 28.8 Å². The van der Waals surface area contributed by atoms with Crippen LogP contribution in [0.3, 0.4) is 0 Å². The Kier molecular flexibility index (Phi) is 5.80. The Hall–Kier alpha value is -1.59. The van der Waals surface area contributed by atoms with Crippen molar-refractivity contribution in [2.45, 2.75) is 38.6 Å². The fraction of sp³-hybridized carbons (Fsp3) is 0.500. The SMILES string of the molecule is CCNC(=O)c1cc(Cl)ccc1NC(=O)C[C@@H]1CCC[C@H]1N. The number of halogens is 1. The maximum Gasteiger partial charge on any atom is 0.253 e. The molecule has 0 radical (unpaired) electrons. The minimum Gasteiger partial charge on any atom is -0.352 e. The summed E-state index contributed by atoms with van der Waals surface area (Å²) in [7, 11) is 0. The molecule has 0 aromatic heterocycles. The van der Waals surface area contributed by atoms with E-state index in [4.69, 9.17) is 17.3 Å². The number of hydrogen-bond donors (Lipinski definition) is 3. The summed E-state index contributed by atoms with van der Waals surface area (Å²) in [6, 6.07) is 4.96. The lowest BCUT2D eigenvalue weighted by Gasteiger charge is -2.16. The van der Waals surface area contributed by atoms with Gasteiger partial charge in [-0.15, -0.1) is 0 Å². The fourth-order valence-electron chi connectivity index (χ4n) is 2.83. The largest absolute Gasteiger partial charge is 0.352 e. The standard InChI is InChI=1S/C16H22ClN3O2/c1-2-19-16(22)12-9-11(17)6-7-14(12)20-15(21)8-10-4-3-5-13(10)18/h6-7,9-10,13H,2-5,8,18H2,1H3,(H,19,22)(H,20,21)/t10-,13+/m0/s1. The van der Waals surface area contributed by atoms with Gasteiger partial charge in [-0.05, 0) is 43.9 Å². The third kappa shape index (κ3) is 4.21. The Labute approximate surface area is 135 Å². The molecule has 0 spiro atoms. The predicted molar refractivity (Wildman–Crippen MR) is 88.0 cm³/mol. The first-order valence-electron chi connectivity index (χ1n) is 7.64. The number of nitrogens with one attached hydrogen (secondary N) is 2. The van der Waals surface area contributed by atoms with Crippen molar-refractivity contribution in [2.75, 3.05) is 11.9 Å². The van der Waals surface area contributed by atoms with Crippen LogP contribution in [0.25, 0.3) is 0 Å². The van der Waals surface area contributed by atoms with E-state index in [-0.39, 0.29) is 23.8 Å². The van der Waals surface area contributed by atoms with Gasteiger partial charge in [-0.2, -0.15) is 0 Å². The molecule has 0 unspecified atom stereocenters. The number of rotatable bonds is 5. The lowest BCUT2D eigenvalue weighted by atomic mass is 9.99. The lowest BCUT2D eigenvalue weighted by molar-refractivity contribution is -0.117. The van der Waals surface area contributed by atoms with Gasteiger partial charge in [0.25, 0.3) is 5.91 Å². The normalized spacial score (nSPS) is 20.7. The van der Waals surface area contributed by atoms with Gasteiger partial charge < -0.3 is 16.4 Å². The third-order valence-electron chi connectivity index (χ3n) is 4.00. The predicted octanol–water partition coefficient (Wildman–Crippen LogP) is 2.55. The number of amides is 2. The van der Waals surface area contributed by atoms with Crippen LogP contribution < -0.4 is 16.4 Å². The average molecular weight is 324 g/mol. The Morgan fingerprint density at radius 1 is 1.36 bits per heavy atom. The number of carbonyl (C=O) groups excluding carboxylic acids is 2. The van der Waals surface area contributed by atoms with Crippen LogP contribution in [0.1, 0.15) is 43.0 Å². The zero-order valence-electron chi connectivity index (χ0n) is 12.7. The van der Waals surface area contributed by atoms with Gasteiger partial charge in [0.1, 0.15) is 0 Å². The first kappa shape index (κ1) is 16.8. The molecule has 0 saturated heterocycles. The van der Waals surface area contributed by atoms with Crippen molar-refractivity contribution in [2.24, 2.45) is 11.7 Å². The highest BCUT2D eigenvalue weighted by Crippen LogP contribution is 2.28. The van der Waals surface area contributed by atoms with Crippen molar-refractivity contribution in [3.63, 3.8) is 0 Å². The smallest absolute Gasteiger partial charge is 0.253 e. The van der Waals surface area contributed by atoms with Crippen molar-refractivity contribution in [1.29, 1.82) is 0 Å². The van der Waals surface area contributed by atoms with Gasteiger partial charge >= 0.3 is 0 Å². The third-order valence-corrected chi connectivity index (χ3v) is 4.24. The summed E-state index contributed by atoms with van der Waals surface area (Å²) in [5.41, 5.74) is 6.85. The van der Waals surface area contributed by atoms with Crippen molar-refractivity contribution in [3.8, 4) is 0 Å². The van der Waals surface area contributed by atoms with E-state index in [2.05, 4.69) is 10.6 Å². The highest BCUT2D eigenvalue weighted by molar-refractivity contribution is 6.31. The van der Waals surface area contributed by atoms with Crippen LogP contribution in [-0.2, 0) is 4.79 Å². The van der Waals surface area contributed by atoms with E-state index in [0.717, 1.165) is 19.3 Å². The molecule has 0 aliphatic heterocycles. The van der Waals surface area contributed by atoms with Crippen LogP contribution >= 0.6 is 11.6 Å². The van der Waals surface area contributed by atoms with Crippen LogP contribution in [0.5, 0.6) is 0 Å². The molecule has 1 aliphatic rings. The van der Waals surface area contributed by atoms with Crippen LogP contribution in [0.2, 0.25) is 5.02 Å². The molecule has 6 heteroatoms. The Morgan fingerprint density at radius 2 is 2.14 bits per heavy atom. The zero-order valence-corrected chi connectivity index (χ0v) is 13.5. The quantitative estimate of drug-likeness (QED) is 0.778. The Balaban J connectivity index is 2.08. The molecule has 2 rings (SSSR count). The monoisotopic (exact) mass is 323 g/mol. The number of benzene rings is 1. The fourth-order valence-corrected chi connectivity index (χ4v) is 3.00. The van der Waals surface area contributed by atoms with Gasteiger partial charge in [-0.25, -0.2) is 0 Å². The number of nitrogens with two attached hydrogens (primary N) is 1. The first-order chi connectivity index (χ1) is 10.5. The van der Waals surface area contributed by atoms with E-state index in [9.17, 15) is 9.59 Å². The molecule has 2 atom stereocenters. The second-order valence-electron chi connectivity index (χ2n) is 5.66. The summed E-state index contributed by atoms with van der Waals surface area (Å²) in [5, 5.41) is 5.98. The van der Waals surface area contributed by atoms with Crippen LogP contribution in [0, 0.1) is 5.92 Å². The first-order valence-corrected chi connectivity index (χ1v) is 8.02. The van der Waals surface area contributed by atoms with E-state index >= 15 is 0 Å². The molecule has 0 heterocycles. The molecule has 1 aromatic rings. The second-order valence-corrected chi connectivity index (χ2v) is 6.09. The molecule has 1 aliphatic carbocycles. The molecule has 5 nitrogen and oxygen atoms in total. The number of carbonyl (C=O) groups is 2. The molecule has 2 amide bonds. The van der Waals surface area contributed by atoms with Crippen molar-refractivity contribution < 1.29 is 9.59 Å². The van der Waals surface area contributed by atoms with Crippen LogP contribution in [0.4, 0.5) is 5.69 Å². The minimum absolute atomic E-state index is 0.0961. The molecular formula is C16H22ClN3O2. The minimum atomic E-state index is -0.252. The molecule has 1 aromatic carbocycles. The summed E-state index contributed by atoms with van der Waals surface area (Å²) in [5.74, 6) is -0.145. The summed E-state index contributed by atoms with van der Waals surface area (Å²) >= 11 is 5.94. The van der Waals surface area contributed by atoms with E-state index < -0.39 is 0 Å². The summed E-state index contributed by atoms with van der Waals surface area (Å²) < 4.78 is 0. The van der Waals surface area contributed by atoms with Gasteiger partial charge in [-0.3, -0.25) is 9.59 Å². The number of anilines is 1. The van der Waals surface area contributed by atoms with E-state index in [0.29, 0.717) is 29.2 Å². The van der Waals surface area contributed by atoms with Crippen LogP contribution in [0.15, 0.2) is 18.2 Å². The van der Waals surface area contributed by atoms with Gasteiger partial charge in [0.2, 0.25) is 5.91 Å². The topological polar surface area (TPSA) is 84.2 Å². The maximum atomic E-state index is 12.2. The molecule has 1 saturated carbocycles. The second kappa shape index (κ2) is 7.61. The summed E-state index contributed by atoms with van der Waals surface area (Å²) in [6.07, 6.45) is 3.42. The zero-order chi connectivity index (χ0) is 16.1. The molecular weight excluding hydrogens is 302 g/mol. The molecule has 4 N–H and O–H groups in total. The van der Waals surface area contributed by atoms with E-state index in [1.54, 1.807) is 18.2 Å². The molecule has 1 fully saturated rings. The lowest BCUT2D eigenvalue weighted by Crippen LogP contribution is -2.29. The Morgan fingerprint density at radius 3 is 2.77 bits per heavy atom. The van der Waals surface area contributed by atoms with Gasteiger partial charge in [0.05, 0.1) is 11.3 Å². The average Bonchev–Trinajstić information content (AvgIpc) is 2.86. The summed E-state index contributed by atoms with van der Waals surface area (Å²) in [4.78, 5) is 24.3.